The SMILES string of the molecule is CC/C=C\C/C=C\C/C=C\C/C=C\CCCCCCCCCCC(=O)OCC(COC1OC(C(=O)O)C(O)C(O)C1O)OC(=O)CCCCCCC/C=C\C/C=C\CCC. The minimum Gasteiger partial charge on any atom is -0.479 e. The molecule has 4 N–H and O–H groups in total. The molecule has 1 aliphatic rings. The van der Waals surface area contributed by atoms with Gasteiger partial charge in [-0.25, -0.2) is 4.79 Å². The van der Waals surface area contributed by atoms with Gasteiger partial charge in [-0.2, -0.15) is 0 Å². The van der Waals surface area contributed by atoms with Crippen molar-refractivity contribution in [2.75, 3.05) is 13.2 Å². The molecule has 1 fully saturated rings. The molecule has 6 atom stereocenters. The Labute approximate surface area is 361 Å². The predicted molar refractivity (Wildman–Crippen MR) is 238 cm³/mol. The molecule has 0 aromatic carbocycles. The van der Waals surface area contributed by atoms with Crippen molar-refractivity contribution in [2.24, 2.45) is 0 Å². The van der Waals surface area contributed by atoms with Crippen LogP contribution in [0, 0.1) is 0 Å². The quantitative estimate of drug-likeness (QED) is 0.0267. The molecule has 11 heteroatoms. The van der Waals surface area contributed by atoms with Gasteiger partial charge in [0.25, 0.3) is 0 Å². The molecule has 1 heterocycles. The topological polar surface area (TPSA) is 169 Å². The Kier molecular flexibility index (Phi) is 35.1. The van der Waals surface area contributed by atoms with Crippen LogP contribution in [0.5, 0.6) is 0 Å². The molecule has 0 aromatic heterocycles. The molecular formula is C49H80O11. The maximum absolute atomic E-state index is 12.8. The number of carboxylic acids is 1. The summed E-state index contributed by atoms with van der Waals surface area (Å²) in [6.45, 7) is 3.61. The third-order valence-electron chi connectivity index (χ3n) is 10.0. The zero-order chi connectivity index (χ0) is 43.9. The number of aliphatic hydroxyl groups excluding tert-OH is 3. The van der Waals surface area contributed by atoms with Crippen molar-refractivity contribution in [2.45, 2.75) is 205 Å². The van der Waals surface area contributed by atoms with Gasteiger partial charge >= 0.3 is 17.9 Å². The summed E-state index contributed by atoms with van der Waals surface area (Å²) in [6, 6.07) is 0. The van der Waals surface area contributed by atoms with Crippen molar-refractivity contribution in [3.63, 3.8) is 0 Å². The summed E-state index contributed by atoms with van der Waals surface area (Å²) in [6.07, 6.45) is 39.5. The number of ether oxygens (including phenoxy) is 4. The number of carbonyl (C=O) groups is 3. The number of hydrogen-bond acceptors (Lipinski definition) is 10. The molecule has 1 aliphatic heterocycles. The van der Waals surface area contributed by atoms with Crippen LogP contribution in [0.25, 0.3) is 0 Å². The minimum absolute atomic E-state index is 0.161. The number of unbranched alkanes of at least 4 members (excludes halogenated alkanes) is 14. The van der Waals surface area contributed by atoms with E-state index in [0.717, 1.165) is 103 Å². The number of aliphatic carboxylic acids is 1. The third kappa shape index (κ3) is 29.8. The second kappa shape index (κ2) is 38.6. The first-order valence-electron chi connectivity index (χ1n) is 23.0. The molecule has 6 unspecified atom stereocenters. The van der Waals surface area contributed by atoms with Crippen LogP contribution in [0.1, 0.15) is 168 Å². The normalized spacial score (nSPS) is 20.4. The van der Waals surface area contributed by atoms with Crippen LogP contribution >= 0.6 is 0 Å². The highest BCUT2D eigenvalue weighted by atomic mass is 16.7. The predicted octanol–water partition coefficient (Wildman–Crippen LogP) is 10.1. The molecule has 1 saturated heterocycles. The van der Waals surface area contributed by atoms with Crippen molar-refractivity contribution in [3.8, 4) is 0 Å². The zero-order valence-corrected chi connectivity index (χ0v) is 36.9. The van der Waals surface area contributed by atoms with Crippen molar-refractivity contribution in [3.05, 3.63) is 72.9 Å². The molecule has 0 bridgehead atoms. The highest BCUT2D eigenvalue weighted by Gasteiger charge is 2.47. The van der Waals surface area contributed by atoms with Crippen LogP contribution in [-0.4, -0.2) is 88.4 Å². The van der Waals surface area contributed by atoms with Gasteiger partial charge in [0.2, 0.25) is 0 Å². The highest BCUT2D eigenvalue weighted by molar-refractivity contribution is 5.73. The number of allylic oxidation sites excluding steroid dienone is 12. The first-order chi connectivity index (χ1) is 29.2. The summed E-state index contributed by atoms with van der Waals surface area (Å²) in [5.41, 5.74) is 0. The van der Waals surface area contributed by atoms with Crippen molar-refractivity contribution in [1.29, 1.82) is 0 Å². The van der Waals surface area contributed by atoms with E-state index in [2.05, 4.69) is 86.8 Å². The second-order valence-corrected chi connectivity index (χ2v) is 15.5. The number of carboxylic acid groups (broad SMARTS) is 1. The number of rotatable bonds is 37. The minimum atomic E-state index is -1.87. The Morgan fingerprint density at radius 3 is 1.48 bits per heavy atom. The van der Waals surface area contributed by atoms with Crippen molar-refractivity contribution in [1.82, 2.24) is 0 Å². The van der Waals surface area contributed by atoms with Gasteiger partial charge in [0.05, 0.1) is 6.61 Å². The number of carbonyl (C=O) groups excluding carboxylic acids is 2. The van der Waals surface area contributed by atoms with Crippen LogP contribution < -0.4 is 0 Å². The molecular weight excluding hydrogens is 765 g/mol. The standard InChI is InChI=1S/C49H80O11/c1-3-5-7-9-11-13-15-17-18-19-20-21-22-23-24-26-27-29-31-33-35-37-42(50)57-39-41(40-58-49-46(54)44(52)45(53)47(60-49)48(55)56)59-43(51)38-36-34-32-30-28-25-16-14-12-10-8-6-4-2/h5,7-8,10-11,13-14,16-18,20-21,41,44-47,49,52-54H,3-4,6,9,12,15,19,22-40H2,1-2H3,(H,55,56)/b7-5-,10-8-,13-11-,16-14-,18-17-,21-20-. The molecule has 0 spiro atoms. The molecule has 1 rings (SSSR count). The van der Waals surface area contributed by atoms with Crippen LogP contribution in [0.3, 0.4) is 0 Å². The van der Waals surface area contributed by atoms with Crippen molar-refractivity contribution >= 4 is 17.9 Å². The van der Waals surface area contributed by atoms with Crippen molar-refractivity contribution < 1.29 is 53.8 Å². The van der Waals surface area contributed by atoms with Crippen LogP contribution in [0.15, 0.2) is 72.9 Å². The lowest BCUT2D eigenvalue weighted by molar-refractivity contribution is -0.298. The van der Waals surface area contributed by atoms with E-state index >= 15 is 0 Å². The molecule has 60 heavy (non-hydrogen) atoms. The first kappa shape index (κ1) is 54.7. The van der Waals surface area contributed by atoms with Gasteiger partial charge in [-0.3, -0.25) is 9.59 Å². The molecule has 0 radical (unpaired) electrons. The Morgan fingerprint density at radius 2 is 0.983 bits per heavy atom. The number of aliphatic hydroxyl groups is 3. The van der Waals surface area contributed by atoms with E-state index in [-0.39, 0.29) is 19.4 Å². The largest absolute Gasteiger partial charge is 0.479 e. The van der Waals surface area contributed by atoms with E-state index in [1.54, 1.807) is 0 Å². The molecule has 0 amide bonds. The summed E-state index contributed by atoms with van der Waals surface area (Å²) in [4.78, 5) is 36.8. The lowest BCUT2D eigenvalue weighted by Gasteiger charge is -2.38. The molecule has 11 nitrogen and oxygen atoms in total. The van der Waals surface area contributed by atoms with Gasteiger partial charge in [-0.1, -0.05) is 151 Å². The van der Waals surface area contributed by atoms with Gasteiger partial charge in [0.1, 0.15) is 24.9 Å². The van der Waals surface area contributed by atoms with Crippen LogP contribution in [0.2, 0.25) is 0 Å². The fourth-order valence-electron chi connectivity index (χ4n) is 6.44. The Bertz CT molecular complexity index is 1270. The van der Waals surface area contributed by atoms with Gasteiger partial charge < -0.3 is 39.4 Å². The zero-order valence-electron chi connectivity index (χ0n) is 36.9. The van der Waals surface area contributed by atoms with E-state index in [0.29, 0.717) is 12.8 Å². The fourth-order valence-corrected chi connectivity index (χ4v) is 6.44. The molecule has 0 aromatic rings. The monoisotopic (exact) mass is 845 g/mol. The summed E-state index contributed by atoms with van der Waals surface area (Å²) in [5, 5.41) is 39.8. The smallest absolute Gasteiger partial charge is 0.335 e. The number of hydrogen-bond donors (Lipinski definition) is 4. The second-order valence-electron chi connectivity index (χ2n) is 15.5. The van der Waals surface area contributed by atoms with E-state index in [4.69, 9.17) is 18.9 Å². The summed E-state index contributed by atoms with van der Waals surface area (Å²) in [5.74, 6) is -2.48. The summed E-state index contributed by atoms with van der Waals surface area (Å²) < 4.78 is 21.7. The fraction of sp³-hybridized carbons (Fsp3) is 0.694. The highest BCUT2D eigenvalue weighted by Crippen LogP contribution is 2.23. The molecule has 342 valence electrons. The first-order valence-corrected chi connectivity index (χ1v) is 23.0. The molecule has 0 aliphatic carbocycles. The summed E-state index contributed by atoms with van der Waals surface area (Å²) in [7, 11) is 0. The Morgan fingerprint density at radius 1 is 0.533 bits per heavy atom. The maximum Gasteiger partial charge on any atom is 0.335 e. The average molecular weight is 845 g/mol. The van der Waals surface area contributed by atoms with E-state index < -0.39 is 61.3 Å². The Balaban J connectivity index is 2.34. The average Bonchev–Trinajstić information content (AvgIpc) is 3.23. The lowest BCUT2D eigenvalue weighted by atomic mass is 9.99. The van der Waals surface area contributed by atoms with Crippen LogP contribution in [0.4, 0.5) is 0 Å². The van der Waals surface area contributed by atoms with E-state index in [9.17, 15) is 34.8 Å². The van der Waals surface area contributed by atoms with E-state index in [1.807, 2.05) is 0 Å². The third-order valence-corrected chi connectivity index (χ3v) is 10.0. The Hall–Kier alpha value is -3.35. The van der Waals surface area contributed by atoms with Gasteiger partial charge in [0, 0.05) is 12.8 Å². The van der Waals surface area contributed by atoms with Gasteiger partial charge in [-0.05, 0) is 77.0 Å². The van der Waals surface area contributed by atoms with Crippen LogP contribution in [-0.2, 0) is 33.3 Å². The summed E-state index contributed by atoms with van der Waals surface area (Å²) >= 11 is 0. The maximum atomic E-state index is 12.8. The number of esters is 2. The van der Waals surface area contributed by atoms with Gasteiger partial charge in [0.15, 0.2) is 18.5 Å². The lowest BCUT2D eigenvalue weighted by Crippen LogP contribution is -2.60. The molecule has 0 saturated carbocycles. The van der Waals surface area contributed by atoms with Gasteiger partial charge in [-0.15, -0.1) is 0 Å². The van der Waals surface area contributed by atoms with E-state index in [1.165, 1.54) is 25.7 Å².